The third kappa shape index (κ3) is 2.27. The van der Waals surface area contributed by atoms with Crippen molar-refractivity contribution >= 4 is 39.2 Å². The molecule has 0 saturated heterocycles. The van der Waals surface area contributed by atoms with E-state index >= 15 is 0 Å². The summed E-state index contributed by atoms with van der Waals surface area (Å²) in [6, 6.07) is 2.43. The smallest absolute Gasteiger partial charge is 0.339 e. The molecule has 80 valence electrons. The first-order valence-corrected chi connectivity index (χ1v) is 4.86. The molecule has 15 heavy (non-hydrogen) atoms. The van der Waals surface area contributed by atoms with Crippen molar-refractivity contribution in [3.63, 3.8) is 0 Å². The molecule has 1 aromatic carbocycles. The summed E-state index contributed by atoms with van der Waals surface area (Å²) in [6.45, 7) is 0. The minimum Gasteiger partial charge on any atom is -0.465 e. The largest absolute Gasteiger partial charge is 0.465 e. The van der Waals surface area contributed by atoms with Gasteiger partial charge in [0.05, 0.1) is 22.1 Å². The first kappa shape index (κ1) is 11.9. The van der Waals surface area contributed by atoms with E-state index in [4.69, 9.17) is 11.6 Å². The average molecular weight is 294 g/mol. The minimum atomic E-state index is -0.631. The summed E-state index contributed by atoms with van der Waals surface area (Å²) < 4.78 is 4.63. The molecule has 5 nitrogen and oxygen atoms in total. The number of carbonyl (C=O) groups excluding carboxylic acids is 1. The van der Waals surface area contributed by atoms with Crippen LogP contribution in [0.25, 0.3) is 0 Å². The predicted octanol–water partition coefficient (Wildman–Crippen LogP) is 2.80. The number of nitro groups is 1. The van der Waals surface area contributed by atoms with Crippen LogP contribution in [-0.4, -0.2) is 18.0 Å². The Bertz CT molecular complexity index is 435. The fourth-order valence-electron chi connectivity index (χ4n) is 0.948. The molecule has 0 N–H and O–H groups in total. The van der Waals surface area contributed by atoms with Crippen LogP contribution in [-0.2, 0) is 4.74 Å². The summed E-state index contributed by atoms with van der Waals surface area (Å²) in [5.74, 6) is -0.612. The van der Waals surface area contributed by atoms with Gasteiger partial charge in [0.15, 0.2) is 0 Å². The Morgan fingerprint density at radius 1 is 1.60 bits per heavy atom. The SMILES string of the molecule is COC(=O)c1ccc([N+](=O)[O-])c(Cl)c1Br. The highest BCUT2D eigenvalue weighted by Crippen LogP contribution is 2.34. The molecule has 1 rings (SSSR count). The van der Waals surface area contributed by atoms with Crippen LogP contribution < -0.4 is 0 Å². The first-order chi connectivity index (χ1) is 6.99. The van der Waals surface area contributed by atoms with Gasteiger partial charge in [0.1, 0.15) is 5.02 Å². The van der Waals surface area contributed by atoms with Crippen molar-refractivity contribution in [2.75, 3.05) is 7.11 Å². The predicted molar refractivity (Wildman–Crippen MR) is 57.1 cm³/mol. The maximum absolute atomic E-state index is 11.2. The maximum Gasteiger partial charge on any atom is 0.339 e. The molecule has 0 aliphatic carbocycles. The number of nitrogens with zero attached hydrogens (tertiary/aromatic N) is 1. The summed E-state index contributed by atoms with van der Waals surface area (Å²) in [7, 11) is 1.21. The van der Waals surface area contributed by atoms with Crippen LogP contribution in [0.15, 0.2) is 16.6 Å². The lowest BCUT2D eigenvalue weighted by Crippen LogP contribution is -2.03. The molecule has 1 aromatic rings. The number of benzene rings is 1. The number of methoxy groups -OCH3 is 1. The van der Waals surface area contributed by atoms with Gasteiger partial charge in [0, 0.05) is 6.07 Å². The molecule has 0 unspecified atom stereocenters. The highest BCUT2D eigenvalue weighted by molar-refractivity contribution is 9.10. The third-order valence-electron chi connectivity index (χ3n) is 1.66. The van der Waals surface area contributed by atoms with E-state index in [0.29, 0.717) is 0 Å². The van der Waals surface area contributed by atoms with Crippen LogP contribution in [0.1, 0.15) is 10.4 Å². The zero-order valence-corrected chi connectivity index (χ0v) is 9.83. The van der Waals surface area contributed by atoms with Gasteiger partial charge in [-0.15, -0.1) is 0 Å². The second-order valence-electron chi connectivity index (χ2n) is 2.51. The Kier molecular flexibility index (Phi) is 3.65. The minimum absolute atomic E-state index is 0.122. The van der Waals surface area contributed by atoms with Gasteiger partial charge in [0.25, 0.3) is 5.69 Å². The quantitative estimate of drug-likeness (QED) is 0.478. The molecular weight excluding hydrogens is 289 g/mol. The lowest BCUT2D eigenvalue weighted by molar-refractivity contribution is -0.384. The molecule has 0 radical (unpaired) electrons. The Balaban J connectivity index is 3.33. The number of ether oxygens (including phenoxy) is 1. The number of nitro benzene ring substituents is 1. The van der Waals surface area contributed by atoms with Gasteiger partial charge in [-0.2, -0.15) is 0 Å². The molecule has 0 atom stereocenters. The Morgan fingerprint density at radius 3 is 2.67 bits per heavy atom. The van der Waals surface area contributed by atoms with E-state index in [9.17, 15) is 14.9 Å². The maximum atomic E-state index is 11.2. The number of hydrogen-bond donors (Lipinski definition) is 0. The van der Waals surface area contributed by atoms with Gasteiger partial charge in [0.2, 0.25) is 0 Å². The van der Waals surface area contributed by atoms with Gasteiger partial charge in [-0.05, 0) is 22.0 Å². The Labute approximate surface area is 98.3 Å². The zero-order valence-electron chi connectivity index (χ0n) is 7.49. The van der Waals surface area contributed by atoms with Crippen molar-refractivity contribution in [1.29, 1.82) is 0 Å². The molecule has 0 aliphatic heterocycles. The summed E-state index contributed by atoms with van der Waals surface area (Å²) in [4.78, 5) is 21.1. The molecule has 0 aliphatic rings. The van der Waals surface area contributed by atoms with Crippen LogP contribution in [0.2, 0.25) is 5.02 Å². The van der Waals surface area contributed by atoms with Crippen LogP contribution in [0, 0.1) is 10.1 Å². The van der Waals surface area contributed by atoms with Crippen molar-refractivity contribution in [3.8, 4) is 0 Å². The lowest BCUT2D eigenvalue weighted by atomic mass is 10.2. The van der Waals surface area contributed by atoms with E-state index in [0.717, 1.165) is 6.07 Å². The van der Waals surface area contributed by atoms with Gasteiger partial charge < -0.3 is 4.74 Å². The molecule has 0 heterocycles. The first-order valence-electron chi connectivity index (χ1n) is 3.69. The molecular formula is C8H5BrClNO4. The van der Waals surface area contributed by atoms with Crippen molar-refractivity contribution in [2.45, 2.75) is 0 Å². The van der Waals surface area contributed by atoms with Crippen molar-refractivity contribution in [1.82, 2.24) is 0 Å². The number of rotatable bonds is 2. The number of hydrogen-bond acceptors (Lipinski definition) is 4. The lowest BCUT2D eigenvalue weighted by Gasteiger charge is -2.04. The molecule has 0 bridgehead atoms. The topological polar surface area (TPSA) is 69.4 Å². The second-order valence-corrected chi connectivity index (χ2v) is 3.68. The van der Waals surface area contributed by atoms with E-state index in [2.05, 4.69) is 20.7 Å². The van der Waals surface area contributed by atoms with E-state index in [1.807, 2.05) is 0 Å². The van der Waals surface area contributed by atoms with Gasteiger partial charge in [-0.3, -0.25) is 10.1 Å². The molecule has 7 heteroatoms. The van der Waals surface area contributed by atoms with E-state index in [1.54, 1.807) is 0 Å². The fraction of sp³-hybridized carbons (Fsp3) is 0.125. The van der Waals surface area contributed by atoms with E-state index in [-0.39, 0.29) is 20.7 Å². The highest BCUT2D eigenvalue weighted by atomic mass is 79.9. The normalized spacial score (nSPS) is 9.80. The van der Waals surface area contributed by atoms with Crippen LogP contribution in [0.3, 0.4) is 0 Å². The molecule has 0 spiro atoms. The summed E-state index contributed by atoms with van der Waals surface area (Å²) in [6.07, 6.45) is 0. The number of halogens is 2. The van der Waals surface area contributed by atoms with Crippen molar-refractivity contribution in [2.24, 2.45) is 0 Å². The summed E-state index contributed by atoms with van der Waals surface area (Å²) in [5.41, 5.74) is -0.121. The van der Waals surface area contributed by atoms with Crippen LogP contribution in [0.4, 0.5) is 5.69 Å². The monoisotopic (exact) mass is 293 g/mol. The molecule has 0 fully saturated rings. The van der Waals surface area contributed by atoms with Crippen LogP contribution >= 0.6 is 27.5 Å². The zero-order chi connectivity index (χ0) is 11.6. The molecule has 0 saturated carbocycles. The third-order valence-corrected chi connectivity index (χ3v) is 3.10. The number of carbonyl (C=O) groups is 1. The Hall–Kier alpha value is -1.14. The number of esters is 1. The van der Waals surface area contributed by atoms with E-state index < -0.39 is 10.9 Å². The fourth-order valence-corrected chi connectivity index (χ4v) is 1.68. The highest BCUT2D eigenvalue weighted by Gasteiger charge is 2.21. The summed E-state index contributed by atoms with van der Waals surface area (Å²) >= 11 is 8.70. The van der Waals surface area contributed by atoms with E-state index in [1.165, 1.54) is 13.2 Å². The van der Waals surface area contributed by atoms with Gasteiger partial charge in [-0.25, -0.2) is 4.79 Å². The molecule has 0 amide bonds. The van der Waals surface area contributed by atoms with Crippen LogP contribution in [0.5, 0.6) is 0 Å². The van der Waals surface area contributed by atoms with Crippen molar-refractivity contribution < 1.29 is 14.5 Å². The summed E-state index contributed by atoms with van der Waals surface area (Å²) in [5, 5.41) is 10.4. The van der Waals surface area contributed by atoms with Gasteiger partial charge >= 0.3 is 5.97 Å². The average Bonchev–Trinajstić information content (AvgIpc) is 2.20. The Morgan fingerprint density at radius 2 is 2.20 bits per heavy atom. The second kappa shape index (κ2) is 4.59. The van der Waals surface area contributed by atoms with Crippen molar-refractivity contribution in [3.05, 3.63) is 37.3 Å². The van der Waals surface area contributed by atoms with Gasteiger partial charge in [-0.1, -0.05) is 11.6 Å². The molecule has 0 aromatic heterocycles. The standard InChI is InChI=1S/C8H5BrClNO4/c1-15-8(12)4-2-3-5(11(13)14)7(10)6(4)9/h2-3H,1H3.